The summed E-state index contributed by atoms with van der Waals surface area (Å²) in [7, 11) is 1.66. The van der Waals surface area contributed by atoms with Gasteiger partial charge in [-0.05, 0) is 44.4 Å². The van der Waals surface area contributed by atoms with Gasteiger partial charge in [0.25, 0.3) is 0 Å². The second-order valence-corrected chi connectivity index (χ2v) is 7.56. The van der Waals surface area contributed by atoms with Crippen LogP contribution in [0.5, 0.6) is 11.5 Å². The maximum Gasteiger partial charge on any atom is 0.219 e. The summed E-state index contributed by atoms with van der Waals surface area (Å²) in [5.41, 5.74) is 1.22. The van der Waals surface area contributed by atoms with Crippen LogP contribution in [0, 0.1) is 0 Å². The van der Waals surface area contributed by atoms with E-state index in [1.807, 2.05) is 17.9 Å². The van der Waals surface area contributed by atoms with E-state index in [1.54, 1.807) is 14.0 Å². The molecule has 1 aromatic rings. The average Bonchev–Trinajstić information content (AvgIpc) is 2.77. The highest BCUT2D eigenvalue weighted by molar-refractivity contribution is 14.0. The lowest BCUT2D eigenvalue weighted by molar-refractivity contribution is -0.130. The highest BCUT2D eigenvalue weighted by Crippen LogP contribution is 2.28. The van der Waals surface area contributed by atoms with Gasteiger partial charge in [0.15, 0.2) is 17.5 Å². The van der Waals surface area contributed by atoms with E-state index < -0.39 is 0 Å². The number of carbonyl (C=O) groups is 1. The quantitative estimate of drug-likeness (QED) is 0.187. The molecule has 1 aliphatic heterocycles. The Bertz CT molecular complexity index is 709. The molecule has 0 bridgehead atoms. The molecule has 8 nitrogen and oxygen atoms in total. The van der Waals surface area contributed by atoms with Crippen molar-refractivity contribution in [2.45, 2.75) is 33.6 Å². The lowest BCUT2D eigenvalue weighted by atomic mass is 10.1. The first kappa shape index (κ1) is 28.3. The number of rotatable bonds is 11. The molecule has 2 rings (SSSR count). The van der Waals surface area contributed by atoms with Gasteiger partial charge in [-0.25, -0.2) is 0 Å². The Morgan fingerprint density at radius 2 is 1.88 bits per heavy atom. The van der Waals surface area contributed by atoms with Crippen molar-refractivity contribution in [2.24, 2.45) is 4.99 Å². The fourth-order valence-corrected chi connectivity index (χ4v) is 3.58. The number of aliphatic imine (C=N–C) groups is 1. The molecule has 182 valence electrons. The number of methoxy groups -OCH3 is 1. The van der Waals surface area contributed by atoms with Crippen molar-refractivity contribution in [3.63, 3.8) is 0 Å². The standard InChI is InChI=1S/C23H39N5O3.HI/c1-5-24-23(26-12-13-27-14-16-28(17-15-27)19(3)29)25-11-7-8-20-9-10-21(30-4)22(18-20)31-6-2;/h9-10,18H,5-8,11-17H2,1-4H3,(H2,24,25,26);1H. The second-order valence-electron chi connectivity index (χ2n) is 7.56. The third kappa shape index (κ3) is 9.81. The van der Waals surface area contributed by atoms with Crippen molar-refractivity contribution in [1.29, 1.82) is 0 Å². The Kier molecular flexibility index (Phi) is 14.1. The van der Waals surface area contributed by atoms with Crippen LogP contribution in [-0.4, -0.2) is 87.7 Å². The lowest BCUT2D eigenvalue weighted by Crippen LogP contribution is -2.50. The molecule has 1 aromatic carbocycles. The van der Waals surface area contributed by atoms with Crippen LogP contribution in [0.25, 0.3) is 0 Å². The summed E-state index contributed by atoms with van der Waals surface area (Å²) in [5.74, 6) is 2.59. The Balaban J connectivity index is 0.00000512. The van der Waals surface area contributed by atoms with E-state index >= 15 is 0 Å². The number of nitrogens with one attached hydrogen (secondary N) is 2. The van der Waals surface area contributed by atoms with Gasteiger partial charge >= 0.3 is 0 Å². The minimum absolute atomic E-state index is 0. The number of hydrogen-bond acceptors (Lipinski definition) is 5. The molecule has 0 atom stereocenters. The van der Waals surface area contributed by atoms with Crippen molar-refractivity contribution < 1.29 is 14.3 Å². The molecule has 1 amide bonds. The summed E-state index contributed by atoms with van der Waals surface area (Å²) >= 11 is 0. The first-order valence-electron chi connectivity index (χ1n) is 11.4. The molecule has 0 unspecified atom stereocenters. The van der Waals surface area contributed by atoms with Gasteiger partial charge in [0.05, 0.1) is 13.7 Å². The van der Waals surface area contributed by atoms with Gasteiger partial charge in [-0.2, -0.15) is 0 Å². The van der Waals surface area contributed by atoms with E-state index in [-0.39, 0.29) is 29.9 Å². The van der Waals surface area contributed by atoms with E-state index in [2.05, 4.69) is 34.6 Å². The monoisotopic (exact) mass is 561 g/mol. The number of halogens is 1. The van der Waals surface area contributed by atoms with Crippen molar-refractivity contribution in [1.82, 2.24) is 20.4 Å². The third-order valence-corrected chi connectivity index (χ3v) is 5.30. The van der Waals surface area contributed by atoms with Crippen LogP contribution in [-0.2, 0) is 11.2 Å². The van der Waals surface area contributed by atoms with Crippen molar-refractivity contribution in [2.75, 3.05) is 66.1 Å². The molecular weight excluding hydrogens is 521 g/mol. The summed E-state index contributed by atoms with van der Waals surface area (Å²) in [6.45, 7) is 13.2. The van der Waals surface area contributed by atoms with Crippen LogP contribution < -0.4 is 20.1 Å². The molecule has 2 N–H and O–H groups in total. The van der Waals surface area contributed by atoms with E-state index in [0.717, 1.165) is 82.7 Å². The maximum atomic E-state index is 11.4. The molecule has 0 saturated carbocycles. The van der Waals surface area contributed by atoms with Crippen LogP contribution in [0.3, 0.4) is 0 Å². The highest BCUT2D eigenvalue weighted by atomic mass is 127. The van der Waals surface area contributed by atoms with Crippen molar-refractivity contribution >= 4 is 35.8 Å². The maximum absolute atomic E-state index is 11.4. The largest absolute Gasteiger partial charge is 0.493 e. The summed E-state index contributed by atoms with van der Waals surface area (Å²) < 4.78 is 11.0. The van der Waals surface area contributed by atoms with Gasteiger partial charge in [-0.3, -0.25) is 14.7 Å². The van der Waals surface area contributed by atoms with Gasteiger partial charge in [0.2, 0.25) is 5.91 Å². The SMILES string of the molecule is CCNC(=NCCCc1ccc(OC)c(OCC)c1)NCCN1CCN(C(C)=O)CC1.I. The zero-order valence-corrected chi connectivity index (χ0v) is 22.3. The molecule has 1 aliphatic rings. The number of nitrogens with zero attached hydrogens (tertiary/aromatic N) is 3. The van der Waals surface area contributed by atoms with Crippen molar-refractivity contribution in [3.05, 3.63) is 23.8 Å². The first-order chi connectivity index (χ1) is 15.1. The molecule has 0 radical (unpaired) electrons. The number of benzene rings is 1. The van der Waals surface area contributed by atoms with E-state index in [0.29, 0.717) is 6.61 Å². The number of piperazine rings is 1. The Hall–Kier alpha value is -1.75. The van der Waals surface area contributed by atoms with Crippen LogP contribution in [0.4, 0.5) is 0 Å². The molecule has 0 aromatic heterocycles. The van der Waals surface area contributed by atoms with Gasteiger partial charge in [-0.15, -0.1) is 24.0 Å². The number of ether oxygens (including phenoxy) is 2. The van der Waals surface area contributed by atoms with Gasteiger partial charge in [-0.1, -0.05) is 6.07 Å². The van der Waals surface area contributed by atoms with Gasteiger partial charge in [0, 0.05) is 59.3 Å². The second kappa shape index (κ2) is 16.0. The molecule has 0 aliphatic carbocycles. The lowest BCUT2D eigenvalue weighted by Gasteiger charge is -2.34. The fourth-order valence-electron chi connectivity index (χ4n) is 3.58. The third-order valence-electron chi connectivity index (χ3n) is 5.30. The predicted molar refractivity (Wildman–Crippen MR) is 141 cm³/mol. The first-order valence-corrected chi connectivity index (χ1v) is 11.4. The summed E-state index contributed by atoms with van der Waals surface area (Å²) in [6.07, 6.45) is 1.90. The summed E-state index contributed by atoms with van der Waals surface area (Å²) in [4.78, 5) is 20.4. The normalized spacial score (nSPS) is 14.5. The number of carbonyl (C=O) groups excluding carboxylic acids is 1. The number of aryl methyl sites for hydroxylation is 1. The molecular formula is C23H40IN5O3. The molecule has 1 heterocycles. The van der Waals surface area contributed by atoms with Gasteiger partial charge in [0.1, 0.15) is 0 Å². The number of hydrogen-bond donors (Lipinski definition) is 2. The van der Waals surface area contributed by atoms with Gasteiger partial charge < -0.3 is 25.0 Å². The minimum atomic E-state index is 0. The Morgan fingerprint density at radius 3 is 2.50 bits per heavy atom. The fraction of sp³-hybridized carbons (Fsp3) is 0.652. The van der Waals surface area contributed by atoms with E-state index in [4.69, 9.17) is 14.5 Å². The zero-order chi connectivity index (χ0) is 22.5. The highest BCUT2D eigenvalue weighted by Gasteiger charge is 2.17. The molecule has 0 spiro atoms. The number of amides is 1. The van der Waals surface area contributed by atoms with Crippen LogP contribution >= 0.6 is 24.0 Å². The zero-order valence-electron chi connectivity index (χ0n) is 20.0. The molecule has 1 fully saturated rings. The summed E-state index contributed by atoms with van der Waals surface area (Å²) in [5, 5.41) is 6.73. The van der Waals surface area contributed by atoms with Crippen LogP contribution in [0.2, 0.25) is 0 Å². The summed E-state index contributed by atoms with van der Waals surface area (Å²) in [6, 6.07) is 6.10. The number of guanidine groups is 1. The Morgan fingerprint density at radius 1 is 1.12 bits per heavy atom. The van der Waals surface area contributed by atoms with Crippen LogP contribution in [0.15, 0.2) is 23.2 Å². The molecule has 32 heavy (non-hydrogen) atoms. The topological polar surface area (TPSA) is 78.4 Å². The Labute approximate surface area is 210 Å². The average molecular weight is 562 g/mol. The van der Waals surface area contributed by atoms with E-state index in [1.165, 1.54) is 5.56 Å². The van der Waals surface area contributed by atoms with Crippen molar-refractivity contribution in [3.8, 4) is 11.5 Å². The minimum Gasteiger partial charge on any atom is -0.493 e. The molecule has 1 saturated heterocycles. The molecule has 9 heteroatoms. The van der Waals surface area contributed by atoms with E-state index in [9.17, 15) is 4.79 Å². The predicted octanol–water partition coefficient (Wildman–Crippen LogP) is 2.36. The van der Waals surface area contributed by atoms with Crippen LogP contribution in [0.1, 0.15) is 32.8 Å². The smallest absolute Gasteiger partial charge is 0.219 e.